The summed E-state index contributed by atoms with van der Waals surface area (Å²) in [5.41, 5.74) is 3.06. The minimum Gasteiger partial charge on any atom is -0.489 e. The molecule has 4 aromatic carbocycles. The normalized spacial score (nSPS) is 11.0. The van der Waals surface area contributed by atoms with E-state index in [1.54, 1.807) is 42.5 Å². The van der Waals surface area contributed by atoms with Gasteiger partial charge in [0.1, 0.15) is 17.3 Å². The molecule has 0 aromatic heterocycles. The lowest BCUT2D eigenvalue weighted by Gasteiger charge is -2.12. The Labute approximate surface area is 209 Å². The molecule has 0 fully saturated rings. The van der Waals surface area contributed by atoms with Crippen molar-refractivity contribution in [2.45, 2.75) is 18.4 Å². The van der Waals surface area contributed by atoms with E-state index in [9.17, 15) is 13.2 Å². The van der Waals surface area contributed by atoms with Crippen molar-refractivity contribution in [3.8, 4) is 5.75 Å². The number of ether oxygens (including phenoxy) is 1. The molecule has 0 aliphatic rings. The number of nitrogens with one attached hydrogen (secondary N) is 2. The summed E-state index contributed by atoms with van der Waals surface area (Å²) < 4.78 is 34.1. The van der Waals surface area contributed by atoms with Crippen LogP contribution in [0.3, 0.4) is 0 Å². The molecule has 4 rings (SSSR count). The van der Waals surface area contributed by atoms with Crippen LogP contribution >= 0.6 is 11.6 Å². The number of sulfonamides is 1. The maximum absolute atomic E-state index is 12.9. The first kappa shape index (κ1) is 24.3. The molecular formula is C27H23ClN2O4S. The van der Waals surface area contributed by atoms with E-state index in [1.807, 2.05) is 43.3 Å². The third kappa shape index (κ3) is 6.41. The Kier molecular flexibility index (Phi) is 7.39. The molecule has 0 bridgehead atoms. The predicted molar refractivity (Wildman–Crippen MR) is 139 cm³/mol. The molecule has 0 spiro atoms. The number of hydrogen-bond acceptors (Lipinski definition) is 4. The van der Waals surface area contributed by atoms with Crippen LogP contribution in [0.4, 0.5) is 11.4 Å². The number of halogens is 1. The Hall–Kier alpha value is -3.81. The molecule has 178 valence electrons. The van der Waals surface area contributed by atoms with E-state index in [0.717, 1.165) is 11.1 Å². The van der Waals surface area contributed by atoms with Crippen molar-refractivity contribution < 1.29 is 17.9 Å². The van der Waals surface area contributed by atoms with Gasteiger partial charge in [-0.2, -0.15) is 0 Å². The van der Waals surface area contributed by atoms with Crippen LogP contribution in [0.5, 0.6) is 5.75 Å². The average Bonchev–Trinajstić information content (AvgIpc) is 2.84. The molecular weight excluding hydrogens is 484 g/mol. The number of amides is 1. The third-order valence-corrected chi connectivity index (χ3v) is 6.98. The van der Waals surface area contributed by atoms with Crippen LogP contribution in [0, 0.1) is 6.92 Å². The summed E-state index contributed by atoms with van der Waals surface area (Å²) in [5, 5.41) is 2.78. The zero-order valence-electron chi connectivity index (χ0n) is 18.9. The molecule has 0 aliphatic heterocycles. The Morgan fingerprint density at radius 3 is 2.31 bits per heavy atom. The molecule has 0 radical (unpaired) electrons. The predicted octanol–water partition coefficient (Wildman–Crippen LogP) is 6.28. The smallest absolute Gasteiger partial charge is 0.263 e. The van der Waals surface area contributed by atoms with E-state index in [2.05, 4.69) is 10.0 Å². The Bertz CT molecular complexity index is 1440. The minimum absolute atomic E-state index is 0.0154. The van der Waals surface area contributed by atoms with Gasteiger partial charge in [-0.05, 0) is 72.6 Å². The number of anilines is 2. The fraction of sp³-hybridized carbons (Fsp3) is 0.0741. The van der Waals surface area contributed by atoms with Gasteiger partial charge < -0.3 is 10.1 Å². The van der Waals surface area contributed by atoms with Crippen molar-refractivity contribution in [2.75, 3.05) is 10.0 Å². The SMILES string of the molecule is Cc1cccc(NS(=O)(=O)c2cc(C(=O)Nc3ccc(OCc4ccccc4)cc3)ccc2Cl)c1. The average molecular weight is 507 g/mol. The second kappa shape index (κ2) is 10.6. The van der Waals surface area contributed by atoms with Crippen molar-refractivity contribution >= 4 is 38.9 Å². The van der Waals surface area contributed by atoms with Gasteiger partial charge in [-0.15, -0.1) is 0 Å². The number of aryl methyl sites for hydroxylation is 1. The van der Waals surface area contributed by atoms with Crippen molar-refractivity contribution in [2.24, 2.45) is 0 Å². The van der Waals surface area contributed by atoms with Gasteiger partial charge in [-0.3, -0.25) is 9.52 Å². The van der Waals surface area contributed by atoms with Crippen LogP contribution in [-0.2, 0) is 16.6 Å². The summed E-state index contributed by atoms with van der Waals surface area (Å²) in [6.07, 6.45) is 0. The second-order valence-corrected chi connectivity index (χ2v) is 9.93. The minimum atomic E-state index is -4.00. The third-order valence-electron chi connectivity index (χ3n) is 5.11. The van der Waals surface area contributed by atoms with Gasteiger partial charge >= 0.3 is 0 Å². The van der Waals surface area contributed by atoms with Crippen molar-refractivity contribution in [3.05, 3.63) is 119 Å². The van der Waals surface area contributed by atoms with Gasteiger partial charge in [0.05, 0.1) is 5.02 Å². The van der Waals surface area contributed by atoms with Crippen LogP contribution in [0.2, 0.25) is 5.02 Å². The quantitative estimate of drug-likeness (QED) is 0.294. The van der Waals surface area contributed by atoms with E-state index in [4.69, 9.17) is 16.3 Å². The van der Waals surface area contributed by atoms with Crippen molar-refractivity contribution in [1.29, 1.82) is 0 Å². The van der Waals surface area contributed by atoms with E-state index < -0.39 is 15.9 Å². The molecule has 8 heteroatoms. The molecule has 0 unspecified atom stereocenters. The molecule has 0 atom stereocenters. The lowest BCUT2D eigenvalue weighted by atomic mass is 10.2. The first-order chi connectivity index (χ1) is 16.8. The Morgan fingerprint density at radius 1 is 0.857 bits per heavy atom. The summed E-state index contributed by atoms with van der Waals surface area (Å²) in [6.45, 7) is 2.29. The first-order valence-corrected chi connectivity index (χ1v) is 12.6. The Morgan fingerprint density at radius 2 is 1.60 bits per heavy atom. The van der Waals surface area contributed by atoms with Crippen LogP contribution < -0.4 is 14.8 Å². The van der Waals surface area contributed by atoms with E-state index >= 15 is 0 Å². The van der Waals surface area contributed by atoms with Crippen LogP contribution in [0.15, 0.2) is 102 Å². The molecule has 0 heterocycles. The largest absolute Gasteiger partial charge is 0.489 e. The zero-order valence-corrected chi connectivity index (χ0v) is 20.4. The molecule has 0 saturated carbocycles. The number of benzene rings is 4. The maximum atomic E-state index is 12.9. The van der Waals surface area contributed by atoms with Crippen LogP contribution in [0.25, 0.3) is 0 Å². The van der Waals surface area contributed by atoms with Gasteiger partial charge in [0, 0.05) is 16.9 Å². The molecule has 35 heavy (non-hydrogen) atoms. The highest BCUT2D eigenvalue weighted by molar-refractivity contribution is 7.92. The van der Waals surface area contributed by atoms with E-state index in [0.29, 0.717) is 23.7 Å². The zero-order chi connectivity index (χ0) is 24.8. The van der Waals surface area contributed by atoms with Crippen LogP contribution in [0.1, 0.15) is 21.5 Å². The lowest BCUT2D eigenvalue weighted by molar-refractivity contribution is 0.102. The molecule has 0 aliphatic carbocycles. The highest BCUT2D eigenvalue weighted by Gasteiger charge is 2.20. The highest BCUT2D eigenvalue weighted by Crippen LogP contribution is 2.26. The maximum Gasteiger partial charge on any atom is 0.263 e. The summed E-state index contributed by atoms with van der Waals surface area (Å²) >= 11 is 6.17. The van der Waals surface area contributed by atoms with Gasteiger partial charge in [-0.25, -0.2) is 8.42 Å². The number of hydrogen-bond donors (Lipinski definition) is 2. The second-order valence-electron chi connectivity index (χ2n) is 7.87. The Balaban J connectivity index is 1.44. The van der Waals surface area contributed by atoms with Crippen molar-refractivity contribution in [1.82, 2.24) is 0 Å². The number of rotatable bonds is 8. The summed E-state index contributed by atoms with van der Waals surface area (Å²) in [4.78, 5) is 12.6. The van der Waals surface area contributed by atoms with Crippen LogP contribution in [-0.4, -0.2) is 14.3 Å². The summed E-state index contributed by atoms with van der Waals surface area (Å²) in [7, 11) is -4.00. The van der Waals surface area contributed by atoms with Gasteiger partial charge in [0.25, 0.3) is 15.9 Å². The molecule has 6 nitrogen and oxygen atoms in total. The van der Waals surface area contributed by atoms with E-state index in [-0.39, 0.29) is 15.5 Å². The monoisotopic (exact) mass is 506 g/mol. The highest BCUT2D eigenvalue weighted by atomic mass is 35.5. The number of carbonyl (C=O) groups is 1. The summed E-state index contributed by atoms with van der Waals surface area (Å²) in [5.74, 6) is 0.195. The van der Waals surface area contributed by atoms with Gasteiger partial charge in [-0.1, -0.05) is 54.1 Å². The summed E-state index contributed by atoms with van der Waals surface area (Å²) in [6, 6.07) is 27.8. The number of carbonyl (C=O) groups excluding carboxylic acids is 1. The van der Waals surface area contributed by atoms with Gasteiger partial charge in [0.15, 0.2) is 0 Å². The molecule has 4 aromatic rings. The van der Waals surface area contributed by atoms with Gasteiger partial charge in [0.2, 0.25) is 0 Å². The lowest BCUT2D eigenvalue weighted by Crippen LogP contribution is -2.16. The molecule has 0 saturated heterocycles. The topological polar surface area (TPSA) is 84.5 Å². The molecule has 2 N–H and O–H groups in total. The van der Waals surface area contributed by atoms with E-state index in [1.165, 1.54) is 18.2 Å². The molecule has 1 amide bonds. The first-order valence-electron chi connectivity index (χ1n) is 10.8. The standard InChI is InChI=1S/C27H23ClN2O4S/c1-19-6-5-9-23(16-19)30-35(32,33)26-17-21(10-15-25(26)28)27(31)29-22-11-13-24(14-12-22)34-18-20-7-3-2-4-8-20/h2-17,30H,18H2,1H3,(H,29,31). The fourth-order valence-electron chi connectivity index (χ4n) is 3.35. The van der Waals surface area contributed by atoms with Crippen molar-refractivity contribution in [3.63, 3.8) is 0 Å². The fourth-order valence-corrected chi connectivity index (χ4v) is 4.92.